The largest absolute Gasteiger partial charge is 0.387 e. The third-order valence-electron chi connectivity index (χ3n) is 2.50. The lowest BCUT2D eigenvalue weighted by molar-refractivity contribution is 0.153. The summed E-state index contributed by atoms with van der Waals surface area (Å²) >= 11 is 5.99. The molecule has 4 heteroatoms. The van der Waals surface area contributed by atoms with Gasteiger partial charge in [0, 0.05) is 16.6 Å². The number of rotatable bonds is 3. The molecule has 3 N–H and O–H groups in total. The van der Waals surface area contributed by atoms with Gasteiger partial charge in [-0.2, -0.15) is 0 Å². The van der Waals surface area contributed by atoms with Crippen molar-refractivity contribution >= 4 is 11.6 Å². The van der Waals surface area contributed by atoms with Gasteiger partial charge in [-0.1, -0.05) is 23.7 Å². The quantitative estimate of drug-likeness (QED) is 0.860. The van der Waals surface area contributed by atoms with E-state index in [0.717, 1.165) is 0 Å². The number of hydrogen-bond acceptors (Lipinski definition) is 2. The number of aliphatic hydroxyl groups is 1. The van der Waals surface area contributed by atoms with Gasteiger partial charge in [-0.05, 0) is 32.4 Å². The number of aliphatic hydroxyl groups excluding tert-OH is 1. The summed E-state index contributed by atoms with van der Waals surface area (Å²) in [4.78, 5) is 0. The number of alkyl halides is 1. The van der Waals surface area contributed by atoms with E-state index >= 15 is 0 Å². The van der Waals surface area contributed by atoms with Crippen molar-refractivity contribution in [2.75, 3.05) is 0 Å². The minimum absolute atomic E-state index is 0.341. The number of benzene rings is 1. The third-order valence-corrected chi connectivity index (χ3v) is 2.83. The van der Waals surface area contributed by atoms with Gasteiger partial charge in [0.05, 0.1) is 6.10 Å². The van der Waals surface area contributed by atoms with Crippen LogP contribution in [-0.2, 0) is 5.67 Å². The van der Waals surface area contributed by atoms with E-state index in [4.69, 9.17) is 17.3 Å². The van der Waals surface area contributed by atoms with Crippen LogP contribution < -0.4 is 5.73 Å². The second-order valence-corrected chi connectivity index (χ2v) is 4.92. The highest BCUT2D eigenvalue weighted by Crippen LogP contribution is 2.31. The van der Waals surface area contributed by atoms with Crippen LogP contribution in [0.3, 0.4) is 0 Å². The molecular weight excluding hydrogens is 229 g/mol. The van der Waals surface area contributed by atoms with Crippen LogP contribution in [0.2, 0.25) is 5.02 Å². The maximum Gasteiger partial charge on any atom is 0.130 e. The fraction of sp³-hybridized carbons (Fsp3) is 0.500. The zero-order valence-electron chi connectivity index (χ0n) is 9.67. The van der Waals surface area contributed by atoms with Crippen molar-refractivity contribution in [1.29, 1.82) is 0 Å². The summed E-state index contributed by atoms with van der Waals surface area (Å²) in [5.41, 5.74) is 5.15. The molecule has 0 aliphatic heterocycles. The Kier molecular flexibility index (Phi) is 3.94. The molecule has 0 radical (unpaired) electrons. The molecule has 90 valence electrons. The first-order valence-electron chi connectivity index (χ1n) is 5.16. The Morgan fingerprint density at radius 2 is 2.00 bits per heavy atom. The highest BCUT2D eigenvalue weighted by molar-refractivity contribution is 6.31. The van der Waals surface area contributed by atoms with E-state index in [9.17, 15) is 9.50 Å². The van der Waals surface area contributed by atoms with Gasteiger partial charge in [0.1, 0.15) is 5.67 Å². The maximum atomic E-state index is 13.6. The molecule has 16 heavy (non-hydrogen) atoms. The fourth-order valence-electron chi connectivity index (χ4n) is 1.42. The van der Waals surface area contributed by atoms with Crippen LogP contribution in [0.1, 0.15) is 38.0 Å². The van der Waals surface area contributed by atoms with Gasteiger partial charge in [0.2, 0.25) is 0 Å². The molecule has 2 atom stereocenters. The SMILES string of the molecule is CC(N)C(O)c1ccc(C(C)(C)F)cc1Cl. The van der Waals surface area contributed by atoms with Crippen LogP contribution in [0.4, 0.5) is 4.39 Å². The minimum atomic E-state index is -1.44. The summed E-state index contributed by atoms with van der Waals surface area (Å²) < 4.78 is 13.6. The monoisotopic (exact) mass is 245 g/mol. The van der Waals surface area contributed by atoms with Crippen LogP contribution in [0, 0.1) is 0 Å². The topological polar surface area (TPSA) is 46.2 Å². The first-order valence-corrected chi connectivity index (χ1v) is 5.53. The van der Waals surface area contributed by atoms with Crippen LogP contribution in [-0.4, -0.2) is 11.1 Å². The lowest BCUT2D eigenvalue weighted by atomic mass is 9.96. The normalized spacial score (nSPS) is 15.9. The van der Waals surface area contributed by atoms with Crippen molar-refractivity contribution < 1.29 is 9.50 Å². The highest BCUT2D eigenvalue weighted by Gasteiger charge is 2.22. The second kappa shape index (κ2) is 4.70. The molecule has 1 aromatic carbocycles. The first-order chi connectivity index (χ1) is 7.23. The van der Waals surface area contributed by atoms with Gasteiger partial charge in [-0.15, -0.1) is 0 Å². The zero-order chi connectivity index (χ0) is 12.5. The van der Waals surface area contributed by atoms with Gasteiger partial charge in [0.15, 0.2) is 0 Å². The van der Waals surface area contributed by atoms with E-state index in [-0.39, 0.29) is 0 Å². The molecule has 2 unspecified atom stereocenters. The average molecular weight is 246 g/mol. The molecule has 0 amide bonds. The Morgan fingerprint density at radius 3 is 2.38 bits per heavy atom. The Hall–Kier alpha value is -0.640. The number of hydrogen-bond donors (Lipinski definition) is 2. The van der Waals surface area contributed by atoms with Gasteiger partial charge in [-0.25, -0.2) is 4.39 Å². The summed E-state index contributed by atoms with van der Waals surface area (Å²) in [6.07, 6.45) is -0.829. The maximum absolute atomic E-state index is 13.6. The summed E-state index contributed by atoms with van der Waals surface area (Å²) in [6, 6.07) is 4.35. The molecule has 0 spiro atoms. The molecule has 0 aliphatic rings. The zero-order valence-corrected chi connectivity index (χ0v) is 10.4. The lowest BCUT2D eigenvalue weighted by Gasteiger charge is -2.19. The van der Waals surface area contributed by atoms with Crippen molar-refractivity contribution in [3.05, 3.63) is 34.3 Å². The second-order valence-electron chi connectivity index (χ2n) is 4.51. The van der Waals surface area contributed by atoms with Gasteiger partial charge < -0.3 is 10.8 Å². The highest BCUT2D eigenvalue weighted by atomic mass is 35.5. The van der Waals surface area contributed by atoms with Gasteiger partial charge in [0.25, 0.3) is 0 Å². The van der Waals surface area contributed by atoms with Crippen molar-refractivity contribution in [3.63, 3.8) is 0 Å². The predicted molar refractivity (Wildman–Crippen MR) is 64.2 cm³/mol. The first kappa shape index (κ1) is 13.4. The Labute approximate surface area is 100 Å². The van der Waals surface area contributed by atoms with Crippen molar-refractivity contribution in [1.82, 2.24) is 0 Å². The van der Waals surface area contributed by atoms with Crippen LogP contribution in [0.15, 0.2) is 18.2 Å². The standard InChI is InChI=1S/C12H17ClFNO/c1-7(15)11(16)9-5-4-8(6-10(9)13)12(2,3)14/h4-7,11,16H,15H2,1-3H3. The van der Waals surface area contributed by atoms with Crippen molar-refractivity contribution in [2.24, 2.45) is 5.73 Å². The van der Waals surface area contributed by atoms with Gasteiger partial charge in [-0.3, -0.25) is 0 Å². The van der Waals surface area contributed by atoms with E-state index in [1.807, 2.05) is 0 Å². The minimum Gasteiger partial charge on any atom is -0.387 e. The predicted octanol–water partition coefficient (Wildman–Crippen LogP) is 2.93. The van der Waals surface area contributed by atoms with Crippen LogP contribution in [0.25, 0.3) is 0 Å². The molecule has 0 heterocycles. The Balaban J connectivity index is 3.10. The van der Waals surface area contributed by atoms with Crippen molar-refractivity contribution in [2.45, 2.75) is 38.6 Å². The fourth-order valence-corrected chi connectivity index (χ4v) is 1.71. The lowest BCUT2D eigenvalue weighted by Crippen LogP contribution is -2.24. The average Bonchev–Trinajstić information content (AvgIpc) is 2.15. The van der Waals surface area contributed by atoms with E-state index in [2.05, 4.69) is 0 Å². The van der Waals surface area contributed by atoms with Crippen LogP contribution in [0.5, 0.6) is 0 Å². The van der Waals surface area contributed by atoms with Crippen LogP contribution >= 0.6 is 11.6 Å². The summed E-state index contributed by atoms with van der Waals surface area (Å²) in [5.74, 6) is 0. The van der Waals surface area contributed by atoms with Crippen molar-refractivity contribution in [3.8, 4) is 0 Å². The molecule has 0 aromatic heterocycles. The molecule has 0 saturated carbocycles. The molecular formula is C12H17ClFNO. The number of nitrogens with two attached hydrogens (primary N) is 1. The molecule has 1 rings (SSSR count). The van der Waals surface area contributed by atoms with E-state index in [1.54, 1.807) is 19.1 Å². The van der Waals surface area contributed by atoms with E-state index in [0.29, 0.717) is 16.1 Å². The molecule has 1 aromatic rings. The van der Waals surface area contributed by atoms with E-state index < -0.39 is 17.8 Å². The van der Waals surface area contributed by atoms with Gasteiger partial charge >= 0.3 is 0 Å². The molecule has 2 nitrogen and oxygen atoms in total. The molecule has 0 aliphatic carbocycles. The Morgan fingerprint density at radius 1 is 1.44 bits per heavy atom. The Bertz CT molecular complexity index is 374. The smallest absolute Gasteiger partial charge is 0.130 e. The molecule has 0 saturated heterocycles. The summed E-state index contributed by atoms with van der Waals surface area (Å²) in [6.45, 7) is 4.61. The summed E-state index contributed by atoms with van der Waals surface area (Å²) in [5, 5.41) is 10.1. The third kappa shape index (κ3) is 2.94. The molecule has 0 fully saturated rings. The summed E-state index contributed by atoms with van der Waals surface area (Å²) in [7, 11) is 0. The molecule has 0 bridgehead atoms. The number of halogens is 2. The van der Waals surface area contributed by atoms with E-state index in [1.165, 1.54) is 19.9 Å².